The van der Waals surface area contributed by atoms with Crippen molar-refractivity contribution in [3.05, 3.63) is 83.9 Å². The van der Waals surface area contributed by atoms with Crippen LogP contribution >= 0.6 is 0 Å². The molecule has 3 aromatic rings. The van der Waals surface area contributed by atoms with Gasteiger partial charge in [0, 0.05) is 61.8 Å². The largest absolute Gasteiger partial charge is 0.372 e. The van der Waals surface area contributed by atoms with Crippen LogP contribution in [-0.2, 0) is 22.6 Å². The first-order valence-corrected chi connectivity index (χ1v) is 12.0. The number of anilines is 1. The molecule has 2 heterocycles. The van der Waals surface area contributed by atoms with Crippen LogP contribution in [0.5, 0.6) is 0 Å². The average molecular weight is 490 g/mol. The number of hydrogen-bond acceptors (Lipinski definition) is 5. The Kier molecular flexibility index (Phi) is 8.12. The van der Waals surface area contributed by atoms with Gasteiger partial charge in [0.15, 0.2) is 0 Å². The first-order chi connectivity index (χ1) is 17.4. The summed E-state index contributed by atoms with van der Waals surface area (Å²) in [7, 11) is 0. The fraction of sp³-hybridized carbons (Fsp3) is 0.333. The number of amides is 3. The molecule has 1 saturated heterocycles. The smallest absolute Gasteiger partial charge is 0.254 e. The molecule has 4 rings (SSSR count). The molecule has 1 fully saturated rings. The van der Waals surface area contributed by atoms with Crippen LogP contribution in [0.3, 0.4) is 0 Å². The highest BCUT2D eigenvalue weighted by molar-refractivity contribution is 5.97. The lowest BCUT2D eigenvalue weighted by molar-refractivity contribution is -0.116. The first kappa shape index (κ1) is 25.1. The van der Waals surface area contributed by atoms with Crippen molar-refractivity contribution in [3.63, 3.8) is 0 Å². The molecule has 9 heteroatoms. The predicted molar refractivity (Wildman–Crippen MR) is 135 cm³/mol. The first-order valence-electron chi connectivity index (χ1n) is 12.0. The lowest BCUT2D eigenvalue weighted by atomic mass is 10.1. The van der Waals surface area contributed by atoms with Crippen LogP contribution < -0.4 is 10.6 Å². The topological polar surface area (TPSA) is 106 Å². The Morgan fingerprint density at radius 1 is 1.03 bits per heavy atom. The molecule has 0 spiro atoms. The standard InChI is InChI=1S/C27H31N5O4/c1-19-16-32(17-20(2)36-19)27(35)22-8-6-21(7-9-22)15-29-26(34)23-4-3-5-24(14-23)30-25(33)10-12-31-13-11-28-18-31/h3-9,11,13-14,18-20H,10,12,15-17H2,1-2H3,(H,29,34)(H,30,33). The van der Waals surface area contributed by atoms with E-state index in [0.717, 1.165) is 5.56 Å². The number of ether oxygens (including phenoxy) is 1. The normalized spacial score (nSPS) is 17.4. The molecule has 2 N–H and O–H groups in total. The van der Waals surface area contributed by atoms with Gasteiger partial charge in [-0.15, -0.1) is 0 Å². The molecule has 188 valence electrons. The van der Waals surface area contributed by atoms with Crippen molar-refractivity contribution in [1.29, 1.82) is 0 Å². The summed E-state index contributed by atoms with van der Waals surface area (Å²) < 4.78 is 7.53. The maximum atomic E-state index is 12.8. The quantitative estimate of drug-likeness (QED) is 0.506. The Hall–Kier alpha value is -3.98. The van der Waals surface area contributed by atoms with Gasteiger partial charge in [-0.2, -0.15) is 0 Å². The number of imidazole rings is 1. The Morgan fingerprint density at radius 2 is 1.78 bits per heavy atom. The van der Waals surface area contributed by atoms with Gasteiger partial charge in [-0.3, -0.25) is 14.4 Å². The van der Waals surface area contributed by atoms with Crippen LogP contribution in [0.2, 0.25) is 0 Å². The van der Waals surface area contributed by atoms with Gasteiger partial charge in [-0.25, -0.2) is 4.98 Å². The second-order valence-corrected chi connectivity index (χ2v) is 9.03. The Morgan fingerprint density at radius 3 is 2.47 bits per heavy atom. The summed E-state index contributed by atoms with van der Waals surface area (Å²) in [6.45, 7) is 5.93. The van der Waals surface area contributed by atoms with Crippen LogP contribution in [-0.4, -0.2) is 57.5 Å². The van der Waals surface area contributed by atoms with E-state index in [1.807, 2.05) is 35.4 Å². The monoisotopic (exact) mass is 489 g/mol. The van der Waals surface area contributed by atoms with Crippen molar-refractivity contribution >= 4 is 23.4 Å². The summed E-state index contributed by atoms with van der Waals surface area (Å²) in [5.41, 5.74) is 2.51. The van der Waals surface area contributed by atoms with Crippen LogP contribution in [0.15, 0.2) is 67.3 Å². The molecule has 2 aromatic carbocycles. The predicted octanol–water partition coefficient (Wildman–Crippen LogP) is 3.09. The van der Waals surface area contributed by atoms with Gasteiger partial charge in [0.2, 0.25) is 5.91 Å². The highest BCUT2D eigenvalue weighted by Gasteiger charge is 2.26. The Bertz CT molecular complexity index is 1180. The van der Waals surface area contributed by atoms with Gasteiger partial charge in [0.25, 0.3) is 11.8 Å². The second kappa shape index (κ2) is 11.6. The van der Waals surface area contributed by atoms with Gasteiger partial charge in [0.1, 0.15) is 0 Å². The summed E-state index contributed by atoms with van der Waals surface area (Å²) in [6, 6.07) is 14.1. The molecular formula is C27H31N5O4. The van der Waals surface area contributed by atoms with E-state index < -0.39 is 0 Å². The SMILES string of the molecule is CC1CN(C(=O)c2ccc(CNC(=O)c3cccc(NC(=O)CCn4ccnc4)c3)cc2)CC(C)O1. The van der Waals surface area contributed by atoms with Gasteiger partial charge < -0.3 is 24.8 Å². The van der Waals surface area contributed by atoms with Crippen LogP contribution in [0.25, 0.3) is 0 Å². The van der Waals surface area contributed by atoms with E-state index in [-0.39, 0.29) is 29.9 Å². The van der Waals surface area contributed by atoms with Gasteiger partial charge >= 0.3 is 0 Å². The molecule has 0 aliphatic carbocycles. The van der Waals surface area contributed by atoms with E-state index in [1.54, 1.807) is 55.1 Å². The number of benzene rings is 2. The maximum absolute atomic E-state index is 12.8. The molecule has 1 aliphatic heterocycles. The fourth-order valence-corrected chi connectivity index (χ4v) is 4.19. The zero-order chi connectivity index (χ0) is 25.5. The lowest BCUT2D eigenvalue weighted by Gasteiger charge is -2.35. The summed E-state index contributed by atoms with van der Waals surface area (Å²) in [6.07, 6.45) is 5.46. The molecule has 1 aromatic heterocycles. The van der Waals surface area contributed by atoms with Gasteiger partial charge in [-0.05, 0) is 49.7 Å². The average Bonchev–Trinajstić information content (AvgIpc) is 3.39. The second-order valence-electron chi connectivity index (χ2n) is 9.03. The van der Waals surface area contributed by atoms with Crippen molar-refractivity contribution < 1.29 is 19.1 Å². The number of rotatable bonds is 8. The number of carbonyl (C=O) groups is 3. The molecule has 0 bridgehead atoms. The maximum Gasteiger partial charge on any atom is 0.254 e. The minimum Gasteiger partial charge on any atom is -0.372 e. The van der Waals surface area contributed by atoms with Gasteiger partial charge in [-0.1, -0.05) is 18.2 Å². The number of hydrogen-bond donors (Lipinski definition) is 2. The minimum absolute atomic E-state index is 0.0151. The highest BCUT2D eigenvalue weighted by Crippen LogP contribution is 2.16. The number of aromatic nitrogens is 2. The minimum atomic E-state index is -0.249. The van der Waals surface area contributed by atoms with E-state index in [9.17, 15) is 14.4 Å². The highest BCUT2D eigenvalue weighted by atomic mass is 16.5. The molecule has 0 radical (unpaired) electrons. The van der Waals surface area contributed by atoms with Crippen molar-refractivity contribution in [1.82, 2.24) is 19.8 Å². The summed E-state index contributed by atoms with van der Waals surface area (Å²) in [5, 5.41) is 5.72. The molecule has 0 saturated carbocycles. The van der Waals surface area contributed by atoms with Gasteiger partial charge in [0.05, 0.1) is 18.5 Å². The van der Waals surface area contributed by atoms with E-state index in [0.29, 0.717) is 49.4 Å². The molecular weight excluding hydrogens is 458 g/mol. The Labute approximate surface area is 210 Å². The van der Waals surface area contributed by atoms with Crippen molar-refractivity contribution in [2.24, 2.45) is 0 Å². The van der Waals surface area contributed by atoms with Crippen molar-refractivity contribution in [2.75, 3.05) is 18.4 Å². The van der Waals surface area contributed by atoms with Crippen LogP contribution in [0, 0.1) is 0 Å². The van der Waals surface area contributed by atoms with Crippen molar-refractivity contribution in [2.45, 2.75) is 45.6 Å². The van der Waals surface area contributed by atoms with E-state index in [1.165, 1.54) is 0 Å². The molecule has 2 atom stereocenters. The molecule has 2 unspecified atom stereocenters. The molecule has 1 aliphatic rings. The van der Waals surface area contributed by atoms with E-state index in [2.05, 4.69) is 15.6 Å². The zero-order valence-electron chi connectivity index (χ0n) is 20.5. The third-order valence-electron chi connectivity index (χ3n) is 5.93. The lowest BCUT2D eigenvalue weighted by Crippen LogP contribution is -2.48. The fourth-order valence-electron chi connectivity index (χ4n) is 4.19. The van der Waals surface area contributed by atoms with Crippen LogP contribution in [0.1, 0.15) is 46.5 Å². The number of nitrogens with zero attached hydrogens (tertiary/aromatic N) is 3. The summed E-state index contributed by atoms with van der Waals surface area (Å²) in [5.74, 6) is -0.408. The zero-order valence-corrected chi connectivity index (χ0v) is 20.5. The van der Waals surface area contributed by atoms with E-state index in [4.69, 9.17) is 4.74 Å². The molecule has 36 heavy (non-hydrogen) atoms. The summed E-state index contributed by atoms with van der Waals surface area (Å²) in [4.78, 5) is 43.5. The molecule has 9 nitrogen and oxygen atoms in total. The number of carbonyl (C=O) groups excluding carboxylic acids is 3. The van der Waals surface area contributed by atoms with E-state index >= 15 is 0 Å². The molecule has 3 amide bonds. The Balaban J connectivity index is 1.27. The van der Waals surface area contributed by atoms with Crippen molar-refractivity contribution in [3.8, 4) is 0 Å². The summed E-state index contributed by atoms with van der Waals surface area (Å²) >= 11 is 0. The third kappa shape index (κ3) is 6.79. The van der Waals surface area contributed by atoms with Crippen LogP contribution in [0.4, 0.5) is 5.69 Å². The number of aryl methyl sites for hydroxylation is 1. The number of morpholine rings is 1. The third-order valence-corrected chi connectivity index (χ3v) is 5.93. The number of nitrogens with one attached hydrogen (secondary N) is 2.